The molecule has 8 heteroatoms. The van der Waals surface area contributed by atoms with Crippen LogP contribution in [0.2, 0.25) is 0 Å². The maximum atomic E-state index is 13.9. The highest BCUT2D eigenvalue weighted by Gasteiger charge is 2.28. The van der Waals surface area contributed by atoms with Gasteiger partial charge < -0.3 is 15.4 Å². The van der Waals surface area contributed by atoms with Gasteiger partial charge in [0.2, 0.25) is 0 Å². The molecule has 0 radical (unpaired) electrons. The number of nitrogen functional groups attached to an aromatic ring is 1. The van der Waals surface area contributed by atoms with Crippen LogP contribution in [-0.4, -0.2) is 42.0 Å². The lowest BCUT2D eigenvalue weighted by atomic mass is 10.1. The van der Waals surface area contributed by atoms with Crippen LogP contribution in [-0.2, 0) is 4.74 Å². The van der Waals surface area contributed by atoms with E-state index in [-0.39, 0.29) is 12.6 Å². The number of likely N-dealkylation sites (N-methyl/N-ethyl adjacent to an activating group) is 1. The van der Waals surface area contributed by atoms with Crippen LogP contribution in [0.25, 0.3) is 0 Å². The molecular formula is C13H18FN3O4. The van der Waals surface area contributed by atoms with Crippen molar-refractivity contribution in [2.75, 3.05) is 26.0 Å². The van der Waals surface area contributed by atoms with E-state index in [2.05, 4.69) is 0 Å². The number of rotatable bonds is 6. The van der Waals surface area contributed by atoms with Gasteiger partial charge in [-0.15, -0.1) is 0 Å². The fourth-order valence-corrected chi connectivity index (χ4v) is 2.09. The lowest BCUT2D eigenvalue weighted by molar-refractivity contribution is -0.384. The van der Waals surface area contributed by atoms with Crippen molar-refractivity contribution < 1.29 is 18.8 Å². The monoisotopic (exact) mass is 299 g/mol. The molecule has 1 aromatic carbocycles. The molecular weight excluding hydrogens is 281 g/mol. The average Bonchev–Trinajstić information content (AvgIpc) is 2.39. The van der Waals surface area contributed by atoms with E-state index >= 15 is 0 Å². The van der Waals surface area contributed by atoms with Gasteiger partial charge in [0.05, 0.1) is 17.6 Å². The smallest absolute Gasteiger partial charge is 0.293 e. The molecule has 0 aliphatic heterocycles. The number of hydrogen-bond donors (Lipinski definition) is 1. The second-order valence-electron chi connectivity index (χ2n) is 4.51. The van der Waals surface area contributed by atoms with Crippen molar-refractivity contribution in [2.45, 2.75) is 19.9 Å². The quantitative estimate of drug-likeness (QED) is 0.490. The summed E-state index contributed by atoms with van der Waals surface area (Å²) >= 11 is 0. The van der Waals surface area contributed by atoms with Gasteiger partial charge >= 0.3 is 0 Å². The normalized spacial score (nSPS) is 12.0. The molecule has 1 atom stereocenters. The molecule has 0 bridgehead atoms. The van der Waals surface area contributed by atoms with Gasteiger partial charge in [0.1, 0.15) is 17.1 Å². The Morgan fingerprint density at radius 2 is 2.19 bits per heavy atom. The van der Waals surface area contributed by atoms with Crippen LogP contribution in [0.3, 0.4) is 0 Å². The van der Waals surface area contributed by atoms with E-state index in [0.717, 1.165) is 12.1 Å². The maximum absolute atomic E-state index is 13.9. The number of carbonyl (C=O) groups is 1. The lowest BCUT2D eigenvalue weighted by Gasteiger charge is -2.28. The summed E-state index contributed by atoms with van der Waals surface area (Å²) in [5, 5.41) is 10.8. The second-order valence-corrected chi connectivity index (χ2v) is 4.51. The van der Waals surface area contributed by atoms with Crippen molar-refractivity contribution in [1.82, 2.24) is 4.90 Å². The summed E-state index contributed by atoms with van der Waals surface area (Å²) < 4.78 is 18.9. The van der Waals surface area contributed by atoms with Crippen LogP contribution in [0, 0.1) is 15.9 Å². The van der Waals surface area contributed by atoms with Gasteiger partial charge in [-0.05, 0) is 19.9 Å². The van der Waals surface area contributed by atoms with E-state index < -0.39 is 33.6 Å². The number of carbonyl (C=O) groups excluding carboxylic acids is 1. The van der Waals surface area contributed by atoms with Crippen molar-refractivity contribution in [3.05, 3.63) is 33.6 Å². The van der Waals surface area contributed by atoms with Crippen LogP contribution in [0.15, 0.2) is 12.1 Å². The number of nitro benzene ring substituents is 1. The largest absolute Gasteiger partial charge is 0.392 e. The van der Waals surface area contributed by atoms with Crippen LogP contribution in [0.5, 0.6) is 0 Å². The predicted octanol–water partition coefficient (Wildman–Crippen LogP) is 1.81. The molecule has 0 fully saturated rings. The third kappa shape index (κ3) is 3.46. The number of halogens is 1. The number of amides is 1. The molecule has 1 unspecified atom stereocenters. The fourth-order valence-electron chi connectivity index (χ4n) is 2.09. The SMILES string of the molecule is CCN(C(=O)c1c(F)ccc([N+](=O)[O-])c1N)C(C)COC. The van der Waals surface area contributed by atoms with Gasteiger partial charge in [0.25, 0.3) is 11.6 Å². The average molecular weight is 299 g/mol. The lowest BCUT2D eigenvalue weighted by Crippen LogP contribution is -2.41. The minimum absolute atomic E-state index is 0.260. The third-order valence-corrected chi connectivity index (χ3v) is 3.12. The Hall–Kier alpha value is -2.22. The molecule has 0 heterocycles. The summed E-state index contributed by atoms with van der Waals surface area (Å²) in [4.78, 5) is 23.9. The molecule has 21 heavy (non-hydrogen) atoms. The van der Waals surface area contributed by atoms with E-state index in [9.17, 15) is 19.3 Å². The third-order valence-electron chi connectivity index (χ3n) is 3.12. The Balaban J connectivity index is 3.28. The molecule has 116 valence electrons. The number of benzene rings is 1. The standard InChI is InChI=1S/C13H18FN3O4/c1-4-16(8(2)7-21-3)13(18)11-9(14)5-6-10(12(11)15)17(19)20/h5-6,8H,4,7,15H2,1-3H3. The molecule has 0 aromatic heterocycles. The molecule has 0 spiro atoms. The predicted molar refractivity (Wildman–Crippen MR) is 75.5 cm³/mol. The van der Waals surface area contributed by atoms with Crippen LogP contribution in [0.1, 0.15) is 24.2 Å². The Morgan fingerprint density at radius 3 is 2.67 bits per heavy atom. The van der Waals surface area contributed by atoms with Gasteiger partial charge in [-0.25, -0.2) is 4.39 Å². The zero-order valence-corrected chi connectivity index (χ0v) is 12.1. The maximum Gasteiger partial charge on any atom is 0.293 e. The number of nitro groups is 1. The minimum Gasteiger partial charge on any atom is -0.392 e. The summed E-state index contributed by atoms with van der Waals surface area (Å²) in [7, 11) is 1.48. The molecule has 0 saturated carbocycles. The first-order valence-corrected chi connectivity index (χ1v) is 6.37. The summed E-state index contributed by atoms with van der Waals surface area (Å²) in [5.41, 5.74) is 4.16. The van der Waals surface area contributed by atoms with Crippen molar-refractivity contribution in [3.63, 3.8) is 0 Å². The van der Waals surface area contributed by atoms with E-state index in [4.69, 9.17) is 10.5 Å². The zero-order valence-electron chi connectivity index (χ0n) is 12.1. The first-order valence-electron chi connectivity index (χ1n) is 6.37. The molecule has 1 amide bonds. The van der Waals surface area contributed by atoms with Gasteiger partial charge in [-0.2, -0.15) is 0 Å². The second kappa shape index (κ2) is 6.98. The molecule has 0 aliphatic carbocycles. The highest BCUT2D eigenvalue weighted by atomic mass is 19.1. The molecule has 0 aliphatic rings. The van der Waals surface area contributed by atoms with E-state index in [0.29, 0.717) is 6.54 Å². The van der Waals surface area contributed by atoms with Gasteiger partial charge in [-0.1, -0.05) is 0 Å². The van der Waals surface area contributed by atoms with Crippen LogP contribution < -0.4 is 5.73 Å². The van der Waals surface area contributed by atoms with Gasteiger partial charge in [0, 0.05) is 19.7 Å². The van der Waals surface area contributed by atoms with Crippen molar-refractivity contribution in [1.29, 1.82) is 0 Å². The first kappa shape index (κ1) is 16.8. The molecule has 1 rings (SSSR count). The van der Waals surface area contributed by atoms with Crippen LogP contribution in [0.4, 0.5) is 15.8 Å². The van der Waals surface area contributed by atoms with E-state index in [1.165, 1.54) is 12.0 Å². The summed E-state index contributed by atoms with van der Waals surface area (Å²) in [6, 6.07) is 1.50. The molecule has 0 saturated heterocycles. The van der Waals surface area contributed by atoms with E-state index in [1.807, 2.05) is 0 Å². The number of hydrogen-bond acceptors (Lipinski definition) is 5. The fraction of sp³-hybridized carbons (Fsp3) is 0.462. The minimum atomic E-state index is -0.883. The Kier molecular flexibility index (Phi) is 5.60. The Morgan fingerprint density at radius 1 is 1.57 bits per heavy atom. The van der Waals surface area contributed by atoms with E-state index in [1.54, 1.807) is 13.8 Å². The molecule has 2 N–H and O–H groups in total. The van der Waals surface area contributed by atoms with Crippen molar-refractivity contribution >= 4 is 17.3 Å². The summed E-state index contributed by atoms with van der Waals surface area (Å²) in [5.74, 6) is -1.58. The van der Waals surface area contributed by atoms with Gasteiger partial charge in [-0.3, -0.25) is 14.9 Å². The number of anilines is 1. The highest BCUT2D eigenvalue weighted by molar-refractivity contribution is 6.01. The topological polar surface area (TPSA) is 98.7 Å². The number of nitrogens with two attached hydrogens (primary N) is 1. The number of ether oxygens (including phenoxy) is 1. The summed E-state index contributed by atoms with van der Waals surface area (Å²) in [6.07, 6.45) is 0. The highest BCUT2D eigenvalue weighted by Crippen LogP contribution is 2.28. The number of nitrogens with zero attached hydrogens (tertiary/aromatic N) is 2. The Labute approximate surface area is 121 Å². The van der Waals surface area contributed by atoms with Crippen molar-refractivity contribution in [3.8, 4) is 0 Å². The summed E-state index contributed by atoms with van der Waals surface area (Å²) in [6.45, 7) is 4.01. The molecule has 7 nitrogen and oxygen atoms in total. The van der Waals surface area contributed by atoms with Gasteiger partial charge in [0.15, 0.2) is 0 Å². The number of methoxy groups -OCH3 is 1. The molecule has 1 aromatic rings. The zero-order chi connectivity index (χ0) is 16.2. The van der Waals surface area contributed by atoms with Crippen molar-refractivity contribution in [2.24, 2.45) is 0 Å². The van der Waals surface area contributed by atoms with Crippen LogP contribution >= 0.6 is 0 Å². The Bertz CT molecular complexity index is 550. The first-order chi connectivity index (χ1) is 9.84.